The van der Waals surface area contributed by atoms with Crippen LogP contribution in [-0.2, 0) is 21.9 Å². The van der Waals surface area contributed by atoms with E-state index in [1.165, 1.54) is 24.3 Å². The van der Waals surface area contributed by atoms with Crippen LogP contribution >= 0.6 is 0 Å². The molecule has 0 radical (unpaired) electrons. The zero-order valence-electron chi connectivity index (χ0n) is 18.5. The van der Waals surface area contributed by atoms with Crippen molar-refractivity contribution in [3.63, 3.8) is 0 Å². The molecule has 0 aliphatic carbocycles. The summed E-state index contributed by atoms with van der Waals surface area (Å²) in [7, 11) is -2.07. The maximum Gasteiger partial charge on any atom is 0.240 e. The Morgan fingerprint density at radius 3 is 2.59 bits per heavy atom. The molecule has 2 heterocycles. The van der Waals surface area contributed by atoms with Crippen molar-refractivity contribution >= 4 is 15.9 Å². The van der Waals surface area contributed by atoms with Gasteiger partial charge in [-0.05, 0) is 29.8 Å². The molecule has 1 amide bonds. The Kier molecular flexibility index (Phi) is 7.13. The lowest BCUT2D eigenvalue weighted by atomic mass is 10.1. The lowest BCUT2D eigenvalue weighted by molar-refractivity contribution is -0.121. The second-order valence-electron chi connectivity index (χ2n) is 7.76. The fourth-order valence-electron chi connectivity index (χ4n) is 3.53. The molecule has 0 fully saturated rings. The molecule has 1 atom stereocenters. The lowest BCUT2D eigenvalue weighted by Crippen LogP contribution is -2.34. The molecule has 2 N–H and O–H groups in total. The Hall–Kier alpha value is -3.44. The number of nitrogens with zero attached hydrogens (tertiary/aromatic N) is 2. The molecule has 4 rings (SSSR count). The number of nitrogens with one attached hydrogen (secondary N) is 2. The van der Waals surface area contributed by atoms with Crippen LogP contribution in [0.25, 0.3) is 0 Å². The Bertz CT molecular complexity index is 1260. The number of hydrogen-bond donors (Lipinski definition) is 2. The molecular formula is C23H25FN4O5S. The summed E-state index contributed by atoms with van der Waals surface area (Å²) >= 11 is 0. The van der Waals surface area contributed by atoms with Gasteiger partial charge < -0.3 is 19.4 Å². The minimum absolute atomic E-state index is 0.0226. The van der Waals surface area contributed by atoms with Crippen molar-refractivity contribution in [2.45, 2.75) is 23.8 Å². The van der Waals surface area contributed by atoms with Gasteiger partial charge in [0.1, 0.15) is 17.7 Å². The summed E-state index contributed by atoms with van der Waals surface area (Å²) in [5.74, 6) is 0.650. The largest absolute Gasteiger partial charge is 0.490 e. The van der Waals surface area contributed by atoms with Gasteiger partial charge in [-0.25, -0.2) is 22.5 Å². The summed E-state index contributed by atoms with van der Waals surface area (Å²) in [5.41, 5.74) is 0.650. The van der Waals surface area contributed by atoms with Crippen LogP contribution in [0.4, 0.5) is 4.39 Å². The summed E-state index contributed by atoms with van der Waals surface area (Å²) in [6.45, 7) is 0.832. The predicted molar refractivity (Wildman–Crippen MR) is 121 cm³/mol. The second-order valence-corrected chi connectivity index (χ2v) is 9.52. The van der Waals surface area contributed by atoms with Gasteiger partial charge in [-0.1, -0.05) is 12.1 Å². The van der Waals surface area contributed by atoms with Crippen molar-refractivity contribution in [1.29, 1.82) is 0 Å². The standard InChI is InChI=1S/C23H25FN4O5S/c1-28-12-11-25-23(28)22(16-3-5-17(24)6-4-16)27-21(29)9-10-26-34(30,31)18-7-8-19-20(15-18)33-14-2-13-32-19/h3-8,11-12,15,22,26H,2,9-10,13-14H2,1H3,(H,27,29)/t22-/m1/s1. The third kappa shape index (κ3) is 5.54. The SMILES string of the molecule is Cn1ccnc1[C@H](NC(=O)CCNS(=O)(=O)c1ccc2c(c1)OCCCO2)c1ccc(F)cc1. The van der Waals surface area contributed by atoms with E-state index in [0.29, 0.717) is 42.5 Å². The number of fused-ring (bicyclic) bond motifs is 1. The van der Waals surface area contributed by atoms with Gasteiger partial charge in [0.2, 0.25) is 15.9 Å². The van der Waals surface area contributed by atoms with Crippen LogP contribution in [0.5, 0.6) is 11.5 Å². The third-order valence-corrected chi connectivity index (χ3v) is 6.76. The van der Waals surface area contributed by atoms with E-state index in [4.69, 9.17) is 9.47 Å². The van der Waals surface area contributed by atoms with Gasteiger partial charge >= 0.3 is 0 Å². The first-order chi connectivity index (χ1) is 16.3. The van der Waals surface area contributed by atoms with E-state index in [2.05, 4.69) is 15.0 Å². The van der Waals surface area contributed by atoms with Crippen molar-refractivity contribution in [1.82, 2.24) is 19.6 Å². The van der Waals surface area contributed by atoms with Gasteiger partial charge in [0.25, 0.3) is 0 Å². The van der Waals surface area contributed by atoms with Crippen LogP contribution in [0.15, 0.2) is 59.8 Å². The number of aromatic nitrogens is 2. The van der Waals surface area contributed by atoms with Gasteiger partial charge in [-0.2, -0.15) is 0 Å². The number of rotatable bonds is 8. The van der Waals surface area contributed by atoms with Crippen LogP contribution in [-0.4, -0.2) is 43.6 Å². The fourth-order valence-corrected chi connectivity index (χ4v) is 4.58. The Morgan fingerprint density at radius 1 is 1.15 bits per heavy atom. The minimum Gasteiger partial charge on any atom is -0.490 e. The van der Waals surface area contributed by atoms with Crippen molar-refractivity contribution in [2.75, 3.05) is 19.8 Å². The number of halogens is 1. The first-order valence-electron chi connectivity index (χ1n) is 10.7. The highest BCUT2D eigenvalue weighted by Crippen LogP contribution is 2.31. The van der Waals surface area contributed by atoms with Gasteiger partial charge in [-0.15, -0.1) is 0 Å². The first-order valence-corrected chi connectivity index (χ1v) is 12.2. The van der Waals surface area contributed by atoms with E-state index in [1.807, 2.05) is 0 Å². The van der Waals surface area contributed by atoms with E-state index in [1.54, 1.807) is 42.2 Å². The Morgan fingerprint density at radius 2 is 1.88 bits per heavy atom. The summed E-state index contributed by atoms with van der Waals surface area (Å²) in [6, 6.07) is 9.54. The summed E-state index contributed by atoms with van der Waals surface area (Å²) < 4.78 is 54.1. The molecule has 11 heteroatoms. The fraction of sp³-hybridized carbons (Fsp3) is 0.304. The highest BCUT2D eigenvalue weighted by atomic mass is 32.2. The lowest BCUT2D eigenvalue weighted by Gasteiger charge is -2.19. The monoisotopic (exact) mass is 488 g/mol. The molecule has 180 valence electrons. The first kappa shape index (κ1) is 23.7. The van der Waals surface area contributed by atoms with Crippen LogP contribution in [0.3, 0.4) is 0 Å². The van der Waals surface area contributed by atoms with E-state index < -0.39 is 27.8 Å². The molecule has 0 saturated carbocycles. The molecule has 2 aromatic carbocycles. The third-order valence-electron chi connectivity index (χ3n) is 5.30. The molecule has 1 aliphatic heterocycles. The van der Waals surface area contributed by atoms with Gasteiger partial charge in [0.15, 0.2) is 11.5 Å². The molecule has 9 nitrogen and oxygen atoms in total. The highest BCUT2D eigenvalue weighted by molar-refractivity contribution is 7.89. The molecule has 1 aromatic heterocycles. The molecule has 0 bridgehead atoms. The molecule has 1 aliphatic rings. The zero-order valence-corrected chi connectivity index (χ0v) is 19.3. The topological polar surface area (TPSA) is 112 Å². The van der Waals surface area contributed by atoms with Crippen LogP contribution in [0.2, 0.25) is 0 Å². The van der Waals surface area contributed by atoms with Crippen molar-refractivity contribution in [3.05, 3.63) is 72.1 Å². The molecule has 0 unspecified atom stereocenters. The number of aryl methyl sites for hydroxylation is 1. The van der Waals surface area contributed by atoms with Gasteiger partial charge in [0, 0.05) is 44.9 Å². The van der Waals surface area contributed by atoms with Crippen LogP contribution < -0.4 is 19.5 Å². The number of carbonyl (C=O) groups is 1. The summed E-state index contributed by atoms with van der Waals surface area (Å²) in [5, 5.41) is 2.85. The van der Waals surface area contributed by atoms with Gasteiger partial charge in [0.05, 0.1) is 18.1 Å². The molecular weight excluding hydrogens is 463 g/mol. The number of sulfonamides is 1. The number of carbonyl (C=O) groups excluding carboxylic acids is 1. The summed E-state index contributed by atoms with van der Waals surface area (Å²) in [6.07, 6.45) is 3.94. The van der Waals surface area contributed by atoms with E-state index in [-0.39, 0.29) is 17.9 Å². The molecule has 34 heavy (non-hydrogen) atoms. The Balaban J connectivity index is 1.40. The zero-order chi connectivity index (χ0) is 24.1. The van der Waals surface area contributed by atoms with E-state index in [0.717, 1.165) is 0 Å². The quantitative estimate of drug-likeness (QED) is 0.503. The van der Waals surface area contributed by atoms with Crippen LogP contribution in [0.1, 0.15) is 30.3 Å². The van der Waals surface area contributed by atoms with Crippen molar-refractivity contribution < 1.29 is 27.1 Å². The van der Waals surface area contributed by atoms with E-state index >= 15 is 0 Å². The number of amides is 1. The van der Waals surface area contributed by atoms with Crippen molar-refractivity contribution in [2.24, 2.45) is 7.05 Å². The second kappa shape index (κ2) is 10.2. The average molecular weight is 489 g/mol. The minimum atomic E-state index is -3.86. The number of ether oxygens (including phenoxy) is 2. The molecule has 0 spiro atoms. The number of benzene rings is 2. The highest BCUT2D eigenvalue weighted by Gasteiger charge is 2.22. The van der Waals surface area contributed by atoms with Gasteiger partial charge in [-0.3, -0.25) is 4.79 Å². The maximum absolute atomic E-state index is 13.4. The predicted octanol–water partition coefficient (Wildman–Crippen LogP) is 2.29. The number of imidazole rings is 1. The van der Waals surface area contributed by atoms with Crippen LogP contribution in [0, 0.1) is 5.82 Å². The van der Waals surface area contributed by atoms with E-state index in [9.17, 15) is 17.6 Å². The maximum atomic E-state index is 13.4. The smallest absolute Gasteiger partial charge is 0.240 e. The number of hydrogen-bond acceptors (Lipinski definition) is 6. The average Bonchev–Trinajstić information content (AvgIpc) is 3.09. The molecule has 0 saturated heterocycles. The normalized spacial score (nSPS) is 14.3. The molecule has 3 aromatic rings. The summed E-state index contributed by atoms with van der Waals surface area (Å²) in [4.78, 5) is 17.0. The van der Waals surface area contributed by atoms with Crippen molar-refractivity contribution in [3.8, 4) is 11.5 Å². The Labute approximate surface area is 197 Å².